The van der Waals surface area contributed by atoms with Gasteiger partial charge in [0.25, 0.3) is 0 Å². The highest BCUT2D eigenvalue weighted by Gasteiger charge is 2.34. The third-order valence-corrected chi connectivity index (χ3v) is 7.96. The Balaban J connectivity index is 1.32. The van der Waals surface area contributed by atoms with E-state index in [1.165, 1.54) is 0 Å². The van der Waals surface area contributed by atoms with Crippen molar-refractivity contribution in [2.45, 2.75) is 40.2 Å². The normalized spacial score (nSPS) is 16.2. The van der Waals surface area contributed by atoms with Gasteiger partial charge in [0.05, 0.1) is 24.0 Å². The van der Waals surface area contributed by atoms with Gasteiger partial charge in [-0.25, -0.2) is 9.59 Å². The molecule has 0 saturated heterocycles. The topological polar surface area (TPSA) is 93.9 Å². The Morgan fingerprint density at radius 2 is 1.80 bits per heavy atom. The minimum Gasteiger partial charge on any atom is -0.490 e. The quantitative estimate of drug-likeness (QED) is 0.244. The van der Waals surface area contributed by atoms with Crippen LogP contribution in [0.2, 0.25) is 0 Å². The summed E-state index contributed by atoms with van der Waals surface area (Å²) in [6.45, 7) is 9.83. The molecule has 4 aromatic rings. The van der Waals surface area contributed by atoms with Gasteiger partial charge in [-0.1, -0.05) is 50.2 Å². The average molecular weight is 554 g/mol. The standard InChI is InChI=1S/C33H35N3O5/c1-21-8-5-13-30(23(21)3)40-14-15-41-33(39)36-18-22(2)24(4)31-28(11-7-12-29(31)36)27-17-34-35(20-27)19-25-9-6-10-26(16-25)32(37)38/h5-13,16-17,20,22,24H,14-15,18-19H2,1-4H3,(H,37,38)/t22-,24-/m0/s1. The van der Waals surface area contributed by atoms with Crippen LogP contribution in [0.4, 0.5) is 10.5 Å². The molecule has 41 heavy (non-hydrogen) atoms. The summed E-state index contributed by atoms with van der Waals surface area (Å²) in [6.07, 6.45) is 3.39. The van der Waals surface area contributed by atoms with Crippen molar-refractivity contribution in [2.75, 3.05) is 24.7 Å². The fourth-order valence-electron chi connectivity index (χ4n) is 5.34. The Labute approximate surface area is 240 Å². The van der Waals surface area contributed by atoms with E-state index >= 15 is 0 Å². The van der Waals surface area contributed by atoms with Gasteiger partial charge >= 0.3 is 12.1 Å². The lowest BCUT2D eigenvalue weighted by Crippen LogP contribution is -2.41. The molecule has 1 N–H and O–H groups in total. The van der Waals surface area contributed by atoms with Gasteiger partial charge in [0.1, 0.15) is 19.0 Å². The molecule has 212 valence electrons. The molecule has 8 heteroatoms. The van der Waals surface area contributed by atoms with Crippen molar-refractivity contribution in [3.05, 3.63) is 101 Å². The number of hydrogen-bond donors (Lipinski definition) is 1. The van der Waals surface area contributed by atoms with Crippen molar-refractivity contribution in [1.82, 2.24) is 9.78 Å². The molecular formula is C33H35N3O5. The second-order valence-electron chi connectivity index (χ2n) is 10.7. The van der Waals surface area contributed by atoms with Gasteiger partial charge < -0.3 is 14.6 Å². The zero-order valence-electron chi connectivity index (χ0n) is 23.8. The third-order valence-electron chi connectivity index (χ3n) is 7.96. The molecule has 0 aliphatic carbocycles. The summed E-state index contributed by atoms with van der Waals surface area (Å²) < 4.78 is 13.3. The molecule has 0 spiro atoms. The second kappa shape index (κ2) is 11.9. The van der Waals surface area contributed by atoms with Gasteiger partial charge in [-0.05, 0) is 77.8 Å². The summed E-state index contributed by atoms with van der Waals surface area (Å²) in [5, 5.41) is 13.9. The number of benzene rings is 3. The van der Waals surface area contributed by atoms with Gasteiger partial charge in [-0.15, -0.1) is 0 Å². The lowest BCUT2D eigenvalue weighted by Gasteiger charge is -2.37. The second-order valence-corrected chi connectivity index (χ2v) is 10.7. The number of carbonyl (C=O) groups is 2. The smallest absolute Gasteiger partial charge is 0.414 e. The van der Waals surface area contributed by atoms with Gasteiger partial charge in [0.2, 0.25) is 0 Å². The fraction of sp³-hybridized carbons (Fsp3) is 0.303. The molecule has 5 rings (SSSR count). The highest BCUT2D eigenvalue weighted by molar-refractivity contribution is 5.92. The van der Waals surface area contributed by atoms with Crippen molar-refractivity contribution in [1.29, 1.82) is 0 Å². The molecule has 2 atom stereocenters. The first kappa shape index (κ1) is 28.0. The van der Waals surface area contributed by atoms with Crippen LogP contribution in [0.25, 0.3) is 11.1 Å². The van der Waals surface area contributed by atoms with E-state index in [2.05, 4.69) is 25.0 Å². The predicted molar refractivity (Wildman–Crippen MR) is 158 cm³/mol. The first-order chi connectivity index (χ1) is 19.7. The van der Waals surface area contributed by atoms with E-state index in [1.54, 1.807) is 27.8 Å². The van der Waals surface area contributed by atoms with Crippen LogP contribution in [0.3, 0.4) is 0 Å². The van der Waals surface area contributed by atoms with E-state index in [4.69, 9.17) is 9.47 Å². The molecule has 3 aromatic carbocycles. The number of aromatic nitrogens is 2. The summed E-state index contributed by atoms with van der Waals surface area (Å²) >= 11 is 0. The maximum atomic E-state index is 13.3. The van der Waals surface area contributed by atoms with Crippen molar-refractivity contribution in [3.8, 4) is 16.9 Å². The highest BCUT2D eigenvalue weighted by Crippen LogP contribution is 2.44. The summed E-state index contributed by atoms with van der Waals surface area (Å²) in [5.74, 6) is 0.278. The number of aromatic carboxylic acids is 1. The largest absolute Gasteiger partial charge is 0.490 e. The molecule has 0 saturated carbocycles. The number of carboxylic acids is 1. The molecule has 0 radical (unpaired) electrons. The zero-order valence-corrected chi connectivity index (χ0v) is 23.8. The van der Waals surface area contributed by atoms with Crippen LogP contribution in [-0.2, 0) is 11.3 Å². The highest BCUT2D eigenvalue weighted by atomic mass is 16.6. The van der Waals surface area contributed by atoms with Crippen LogP contribution in [0, 0.1) is 19.8 Å². The molecular weight excluding hydrogens is 518 g/mol. The Hall–Kier alpha value is -4.59. The van der Waals surface area contributed by atoms with Crippen LogP contribution in [0.15, 0.2) is 73.1 Å². The van der Waals surface area contributed by atoms with Crippen LogP contribution in [-0.4, -0.2) is 46.7 Å². The van der Waals surface area contributed by atoms with Crippen molar-refractivity contribution >= 4 is 17.7 Å². The van der Waals surface area contributed by atoms with Crippen LogP contribution < -0.4 is 9.64 Å². The monoisotopic (exact) mass is 553 g/mol. The number of amides is 1. The number of ether oxygens (including phenoxy) is 2. The van der Waals surface area contributed by atoms with Crippen molar-refractivity contribution in [3.63, 3.8) is 0 Å². The molecule has 0 unspecified atom stereocenters. The van der Waals surface area contributed by atoms with E-state index in [0.29, 0.717) is 13.1 Å². The van der Waals surface area contributed by atoms with E-state index in [0.717, 1.165) is 44.8 Å². The van der Waals surface area contributed by atoms with E-state index in [1.807, 2.05) is 62.6 Å². The van der Waals surface area contributed by atoms with Crippen molar-refractivity contribution < 1.29 is 24.2 Å². The maximum absolute atomic E-state index is 13.3. The molecule has 0 bridgehead atoms. The van der Waals surface area contributed by atoms with Gasteiger partial charge in [0.15, 0.2) is 0 Å². The minimum absolute atomic E-state index is 0.150. The van der Waals surface area contributed by atoms with Gasteiger partial charge in [-0.3, -0.25) is 9.58 Å². The van der Waals surface area contributed by atoms with Crippen LogP contribution in [0.5, 0.6) is 5.75 Å². The summed E-state index contributed by atoms with van der Waals surface area (Å²) in [5.41, 5.74) is 7.22. The third kappa shape index (κ3) is 5.96. The minimum atomic E-state index is -0.955. The molecule has 1 aliphatic heterocycles. The number of rotatable bonds is 8. The number of hydrogen-bond acceptors (Lipinski definition) is 5. The molecule has 8 nitrogen and oxygen atoms in total. The molecule has 1 amide bonds. The SMILES string of the molecule is Cc1cccc(OCCOC(=O)N2C[C@H](C)[C@H](C)c3c(-c4cnn(Cc5cccc(C(=O)O)c5)c4)cccc32)c1C. The lowest BCUT2D eigenvalue weighted by atomic mass is 9.80. The molecule has 0 fully saturated rings. The summed E-state index contributed by atoms with van der Waals surface area (Å²) in [7, 11) is 0. The Kier molecular flexibility index (Phi) is 8.10. The van der Waals surface area contributed by atoms with E-state index < -0.39 is 5.97 Å². The number of carbonyl (C=O) groups excluding carboxylic acids is 1. The summed E-state index contributed by atoms with van der Waals surface area (Å²) in [6, 6.07) is 18.8. The zero-order chi connectivity index (χ0) is 29.1. The number of fused-ring (bicyclic) bond motifs is 1. The van der Waals surface area contributed by atoms with Crippen LogP contribution in [0.1, 0.15) is 52.4 Å². The average Bonchev–Trinajstić information content (AvgIpc) is 3.43. The predicted octanol–water partition coefficient (Wildman–Crippen LogP) is 6.69. The molecule has 1 aliphatic rings. The Bertz CT molecular complexity index is 1580. The maximum Gasteiger partial charge on any atom is 0.414 e. The summed E-state index contributed by atoms with van der Waals surface area (Å²) in [4.78, 5) is 26.3. The van der Waals surface area contributed by atoms with Gasteiger partial charge in [0, 0.05) is 18.3 Å². The lowest BCUT2D eigenvalue weighted by molar-refractivity contribution is 0.0696. The van der Waals surface area contributed by atoms with Crippen molar-refractivity contribution in [2.24, 2.45) is 5.92 Å². The van der Waals surface area contributed by atoms with Crippen LogP contribution >= 0.6 is 0 Å². The Morgan fingerprint density at radius 3 is 2.61 bits per heavy atom. The molecule has 2 heterocycles. The molecule has 1 aromatic heterocycles. The van der Waals surface area contributed by atoms with Gasteiger partial charge in [-0.2, -0.15) is 5.10 Å². The number of nitrogens with zero attached hydrogens (tertiary/aromatic N) is 3. The van der Waals surface area contributed by atoms with E-state index in [-0.39, 0.29) is 36.7 Å². The number of anilines is 1. The first-order valence-electron chi connectivity index (χ1n) is 13.8. The Morgan fingerprint density at radius 1 is 1.02 bits per heavy atom. The van der Waals surface area contributed by atoms with E-state index in [9.17, 15) is 14.7 Å². The fourth-order valence-corrected chi connectivity index (χ4v) is 5.34. The number of aryl methyl sites for hydroxylation is 1. The number of carboxylic acid groups (broad SMARTS) is 1. The first-order valence-corrected chi connectivity index (χ1v) is 13.8.